The SMILES string of the molecule is O=C(O)C1(Cc2ccc(Br)s2)CCOC1. The topological polar surface area (TPSA) is 46.5 Å². The van der Waals surface area contributed by atoms with E-state index in [4.69, 9.17) is 4.74 Å². The van der Waals surface area contributed by atoms with Crippen molar-refractivity contribution in [3.8, 4) is 0 Å². The summed E-state index contributed by atoms with van der Waals surface area (Å²) in [5.74, 6) is -0.746. The summed E-state index contributed by atoms with van der Waals surface area (Å²) in [6.45, 7) is 0.886. The quantitative estimate of drug-likeness (QED) is 0.931. The van der Waals surface area contributed by atoms with Crippen LogP contribution in [0.3, 0.4) is 0 Å². The molecule has 0 bridgehead atoms. The van der Waals surface area contributed by atoms with Gasteiger partial charge in [-0.15, -0.1) is 11.3 Å². The first-order valence-corrected chi connectivity index (χ1v) is 6.29. The van der Waals surface area contributed by atoms with Crippen LogP contribution < -0.4 is 0 Å². The highest BCUT2D eigenvalue weighted by Crippen LogP contribution is 2.35. The number of halogens is 1. The highest BCUT2D eigenvalue weighted by Gasteiger charge is 2.42. The minimum absolute atomic E-state index is 0.331. The second kappa shape index (κ2) is 4.23. The number of thiophene rings is 1. The van der Waals surface area contributed by atoms with Crippen molar-refractivity contribution in [2.24, 2.45) is 5.41 Å². The Morgan fingerprint density at radius 2 is 2.47 bits per heavy atom. The molecule has 0 spiro atoms. The number of carboxylic acids is 1. The van der Waals surface area contributed by atoms with Crippen molar-refractivity contribution in [2.45, 2.75) is 12.8 Å². The molecule has 1 aromatic rings. The van der Waals surface area contributed by atoms with Gasteiger partial charge in [0.2, 0.25) is 0 Å². The van der Waals surface area contributed by atoms with Gasteiger partial charge in [0.05, 0.1) is 15.8 Å². The molecule has 15 heavy (non-hydrogen) atoms. The monoisotopic (exact) mass is 290 g/mol. The molecule has 3 nitrogen and oxygen atoms in total. The first-order chi connectivity index (χ1) is 7.12. The molecule has 1 aliphatic rings. The minimum Gasteiger partial charge on any atom is -0.481 e. The van der Waals surface area contributed by atoms with Crippen molar-refractivity contribution >= 4 is 33.2 Å². The van der Waals surface area contributed by atoms with Crippen LogP contribution in [-0.2, 0) is 16.0 Å². The number of hydrogen-bond acceptors (Lipinski definition) is 3. The lowest BCUT2D eigenvalue weighted by Gasteiger charge is -2.20. The molecule has 82 valence electrons. The molecule has 0 amide bonds. The maximum absolute atomic E-state index is 11.2. The Balaban J connectivity index is 2.17. The molecule has 1 atom stereocenters. The van der Waals surface area contributed by atoms with Crippen molar-refractivity contribution in [1.29, 1.82) is 0 Å². The van der Waals surface area contributed by atoms with Crippen LogP contribution in [0.4, 0.5) is 0 Å². The average Bonchev–Trinajstić information content (AvgIpc) is 2.77. The van der Waals surface area contributed by atoms with E-state index < -0.39 is 11.4 Å². The van der Waals surface area contributed by atoms with E-state index in [0.29, 0.717) is 26.1 Å². The van der Waals surface area contributed by atoms with Crippen molar-refractivity contribution in [2.75, 3.05) is 13.2 Å². The zero-order valence-corrected chi connectivity index (χ0v) is 10.4. The van der Waals surface area contributed by atoms with E-state index in [2.05, 4.69) is 15.9 Å². The molecule has 0 saturated carbocycles. The van der Waals surface area contributed by atoms with Gasteiger partial charge in [0, 0.05) is 17.9 Å². The summed E-state index contributed by atoms with van der Waals surface area (Å²) in [7, 11) is 0. The van der Waals surface area contributed by atoms with E-state index in [1.807, 2.05) is 12.1 Å². The highest BCUT2D eigenvalue weighted by molar-refractivity contribution is 9.11. The molecule has 0 aliphatic carbocycles. The zero-order chi connectivity index (χ0) is 10.9. The number of ether oxygens (including phenoxy) is 1. The van der Waals surface area contributed by atoms with Crippen molar-refractivity contribution in [1.82, 2.24) is 0 Å². The van der Waals surface area contributed by atoms with Crippen LogP contribution in [-0.4, -0.2) is 24.3 Å². The summed E-state index contributed by atoms with van der Waals surface area (Å²) >= 11 is 4.96. The number of carbonyl (C=O) groups is 1. The lowest BCUT2D eigenvalue weighted by Crippen LogP contribution is -2.33. The second-order valence-electron chi connectivity index (χ2n) is 3.77. The second-order valence-corrected chi connectivity index (χ2v) is 6.32. The Hall–Kier alpha value is -0.390. The van der Waals surface area contributed by atoms with Gasteiger partial charge in [-0.25, -0.2) is 0 Å². The minimum atomic E-state index is -0.746. The van der Waals surface area contributed by atoms with Gasteiger partial charge in [-0.1, -0.05) is 0 Å². The Bertz CT molecular complexity index is 368. The molecule has 5 heteroatoms. The van der Waals surface area contributed by atoms with E-state index in [1.165, 1.54) is 0 Å². The summed E-state index contributed by atoms with van der Waals surface area (Å²) in [4.78, 5) is 12.3. The molecular weight excluding hydrogens is 280 g/mol. The van der Waals surface area contributed by atoms with Gasteiger partial charge in [0.15, 0.2) is 0 Å². The number of hydrogen-bond donors (Lipinski definition) is 1. The molecule has 1 aliphatic heterocycles. The van der Waals surface area contributed by atoms with E-state index in [9.17, 15) is 9.90 Å². The van der Waals surface area contributed by atoms with Gasteiger partial charge in [0.25, 0.3) is 0 Å². The van der Waals surface area contributed by atoms with Crippen LogP contribution >= 0.6 is 27.3 Å². The molecule has 2 heterocycles. The standard InChI is InChI=1S/C10H11BrO3S/c11-8-2-1-7(15-8)5-10(9(12)13)3-4-14-6-10/h1-2H,3-6H2,(H,12,13). The van der Waals surface area contributed by atoms with Gasteiger partial charge in [-0.05, 0) is 34.5 Å². The van der Waals surface area contributed by atoms with Gasteiger partial charge < -0.3 is 9.84 Å². The molecular formula is C10H11BrO3S. The molecule has 0 aromatic carbocycles. The predicted octanol–water partition coefficient (Wildman–Crippen LogP) is 2.54. The molecule has 1 unspecified atom stereocenters. The molecule has 2 rings (SSSR count). The van der Waals surface area contributed by atoms with Crippen LogP contribution in [0.5, 0.6) is 0 Å². The lowest BCUT2D eigenvalue weighted by molar-refractivity contribution is -0.148. The highest BCUT2D eigenvalue weighted by atomic mass is 79.9. The van der Waals surface area contributed by atoms with Crippen LogP contribution in [0, 0.1) is 5.41 Å². The fraction of sp³-hybridized carbons (Fsp3) is 0.500. The third-order valence-electron chi connectivity index (χ3n) is 2.70. The number of aliphatic carboxylic acids is 1. The summed E-state index contributed by atoms with van der Waals surface area (Å²) in [6.07, 6.45) is 1.18. The zero-order valence-electron chi connectivity index (χ0n) is 8.03. The van der Waals surface area contributed by atoms with Crippen molar-refractivity contribution in [3.05, 3.63) is 20.8 Å². The molecule has 0 radical (unpaired) electrons. The largest absolute Gasteiger partial charge is 0.481 e. The normalized spacial score (nSPS) is 25.7. The van der Waals surface area contributed by atoms with Gasteiger partial charge >= 0.3 is 5.97 Å². The summed E-state index contributed by atoms with van der Waals surface area (Å²) in [6, 6.07) is 3.92. The van der Waals surface area contributed by atoms with E-state index in [0.717, 1.165) is 8.66 Å². The first kappa shape index (κ1) is 11.1. The Morgan fingerprint density at radius 1 is 1.67 bits per heavy atom. The van der Waals surface area contributed by atoms with Gasteiger partial charge in [0.1, 0.15) is 0 Å². The van der Waals surface area contributed by atoms with Crippen molar-refractivity contribution < 1.29 is 14.6 Å². The Labute approximate surface area is 100 Å². The van der Waals surface area contributed by atoms with Gasteiger partial charge in [-0.2, -0.15) is 0 Å². The number of rotatable bonds is 3. The smallest absolute Gasteiger partial charge is 0.312 e. The maximum Gasteiger partial charge on any atom is 0.312 e. The molecule has 1 N–H and O–H groups in total. The Morgan fingerprint density at radius 3 is 2.93 bits per heavy atom. The van der Waals surface area contributed by atoms with Crippen LogP contribution in [0.25, 0.3) is 0 Å². The van der Waals surface area contributed by atoms with Crippen LogP contribution in [0.1, 0.15) is 11.3 Å². The summed E-state index contributed by atoms with van der Waals surface area (Å²) in [5, 5.41) is 9.24. The van der Waals surface area contributed by atoms with Gasteiger partial charge in [-0.3, -0.25) is 4.79 Å². The fourth-order valence-electron chi connectivity index (χ4n) is 1.77. The van der Waals surface area contributed by atoms with E-state index in [1.54, 1.807) is 11.3 Å². The molecule has 1 saturated heterocycles. The summed E-state index contributed by atoms with van der Waals surface area (Å²) < 4.78 is 6.25. The lowest BCUT2D eigenvalue weighted by atomic mass is 9.83. The van der Waals surface area contributed by atoms with Crippen LogP contribution in [0.2, 0.25) is 0 Å². The first-order valence-electron chi connectivity index (χ1n) is 4.68. The maximum atomic E-state index is 11.2. The molecule has 1 fully saturated rings. The predicted molar refractivity (Wildman–Crippen MR) is 61.2 cm³/mol. The van der Waals surface area contributed by atoms with Crippen molar-refractivity contribution in [3.63, 3.8) is 0 Å². The van der Waals surface area contributed by atoms with E-state index >= 15 is 0 Å². The van der Waals surface area contributed by atoms with Crippen LogP contribution in [0.15, 0.2) is 15.9 Å². The Kier molecular flexibility index (Phi) is 3.13. The summed E-state index contributed by atoms with van der Waals surface area (Å²) in [5.41, 5.74) is -0.704. The third kappa shape index (κ3) is 2.24. The number of carboxylic acid groups (broad SMARTS) is 1. The fourth-order valence-corrected chi connectivity index (χ4v) is 3.40. The third-order valence-corrected chi connectivity index (χ3v) is 4.32. The molecule has 1 aromatic heterocycles. The average molecular weight is 291 g/mol. The van der Waals surface area contributed by atoms with E-state index in [-0.39, 0.29) is 0 Å².